The van der Waals surface area contributed by atoms with Crippen molar-refractivity contribution in [2.24, 2.45) is 0 Å². The molecule has 0 atom stereocenters. The Labute approximate surface area is 140 Å². The minimum atomic E-state index is -0.891. The monoisotopic (exact) mass is 331 g/mol. The highest BCUT2D eigenvalue weighted by Gasteiger charge is 2.43. The number of amides is 4. The lowest BCUT2D eigenvalue weighted by Gasteiger charge is -2.15. The van der Waals surface area contributed by atoms with Gasteiger partial charge >= 0.3 is 6.03 Å². The van der Waals surface area contributed by atoms with Crippen molar-refractivity contribution in [2.45, 2.75) is 39.2 Å². The zero-order valence-corrected chi connectivity index (χ0v) is 14.0. The van der Waals surface area contributed by atoms with E-state index in [-0.39, 0.29) is 30.6 Å². The van der Waals surface area contributed by atoms with Crippen LogP contribution in [0.3, 0.4) is 0 Å². The van der Waals surface area contributed by atoms with Gasteiger partial charge in [-0.15, -0.1) is 0 Å². The summed E-state index contributed by atoms with van der Waals surface area (Å²) in [6.07, 6.45) is 0.568. The lowest BCUT2D eigenvalue weighted by Crippen LogP contribution is -2.40. The average molecular weight is 331 g/mol. The Kier molecular flexibility index (Phi) is 5.02. The Hall–Kier alpha value is -2.70. The van der Waals surface area contributed by atoms with E-state index >= 15 is 0 Å². The van der Waals surface area contributed by atoms with Gasteiger partial charge in [0, 0.05) is 24.2 Å². The molecule has 1 aliphatic heterocycles. The van der Waals surface area contributed by atoms with Gasteiger partial charge in [0.2, 0.25) is 5.91 Å². The molecule has 1 aliphatic rings. The van der Waals surface area contributed by atoms with E-state index in [4.69, 9.17) is 0 Å². The number of rotatable bonds is 6. The molecule has 4 amide bonds. The third kappa shape index (κ3) is 3.98. The van der Waals surface area contributed by atoms with Crippen molar-refractivity contribution >= 4 is 29.3 Å². The van der Waals surface area contributed by atoms with Gasteiger partial charge in [0.05, 0.1) is 0 Å². The molecule has 1 heterocycles. The van der Waals surface area contributed by atoms with Crippen molar-refractivity contribution in [2.75, 3.05) is 11.9 Å². The van der Waals surface area contributed by atoms with E-state index in [2.05, 4.69) is 10.6 Å². The molecule has 0 bridgehead atoms. The number of nitrogens with zero attached hydrogens (tertiary/aromatic N) is 1. The molecule has 0 aliphatic carbocycles. The molecule has 0 spiro atoms. The molecule has 128 valence electrons. The first kappa shape index (κ1) is 17.7. The third-order valence-electron chi connectivity index (χ3n) is 3.81. The van der Waals surface area contributed by atoms with Crippen LogP contribution in [0.2, 0.25) is 0 Å². The fourth-order valence-corrected chi connectivity index (χ4v) is 2.43. The number of carbonyl (C=O) groups is 4. The zero-order chi connectivity index (χ0) is 17.9. The van der Waals surface area contributed by atoms with Gasteiger partial charge < -0.3 is 10.6 Å². The Morgan fingerprint density at radius 2 is 1.79 bits per heavy atom. The van der Waals surface area contributed by atoms with E-state index in [1.54, 1.807) is 38.1 Å². The van der Waals surface area contributed by atoms with E-state index in [0.717, 1.165) is 4.90 Å². The first-order valence-electron chi connectivity index (χ1n) is 7.75. The highest BCUT2D eigenvalue weighted by atomic mass is 16.2. The largest absolute Gasteiger partial charge is 0.326 e. The van der Waals surface area contributed by atoms with Crippen LogP contribution in [0.5, 0.6) is 0 Å². The van der Waals surface area contributed by atoms with E-state index < -0.39 is 11.6 Å². The summed E-state index contributed by atoms with van der Waals surface area (Å²) in [6.45, 7) is 4.96. The zero-order valence-electron chi connectivity index (χ0n) is 14.0. The Bertz CT molecular complexity index is 680. The molecule has 2 rings (SSSR count). The molecule has 1 aromatic rings. The number of hydrogen-bond donors (Lipinski definition) is 2. The maximum Gasteiger partial charge on any atom is 0.325 e. The molecule has 7 nitrogen and oxygen atoms in total. The number of anilines is 1. The van der Waals surface area contributed by atoms with Gasteiger partial charge in [0.25, 0.3) is 5.91 Å². The molecule has 1 saturated heterocycles. The minimum Gasteiger partial charge on any atom is -0.326 e. The first-order valence-corrected chi connectivity index (χ1v) is 7.75. The van der Waals surface area contributed by atoms with Crippen LogP contribution in [0, 0.1) is 0 Å². The molecular formula is C17H21N3O4. The highest BCUT2D eigenvalue weighted by molar-refractivity contribution is 6.06. The molecule has 24 heavy (non-hydrogen) atoms. The maximum absolute atomic E-state index is 12.0. The summed E-state index contributed by atoms with van der Waals surface area (Å²) >= 11 is 0. The van der Waals surface area contributed by atoms with Crippen molar-refractivity contribution in [1.29, 1.82) is 0 Å². The van der Waals surface area contributed by atoms with Crippen molar-refractivity contribution in [3.63, 3.8) is 0 Å². The lowest BCUT2D eigenvalue weighted by molar-refractivity contribution is -0.130. The van der Waals surface area contributed by atoms with Gasteiger partial charge in [-0.1, -0.05) is 0 Å². The number of urea groups is 1. The van der Waals surface area contributed by atoms with Crippen LogP contribution in [-0.2, 0) is 9.59 Å². The molecular weight excluding hydrogens is 310 g/mol. The van der Waals surface area contributed by atoms with Crippen molar-refractivity contribution in [3.8, 4) is 0 Å². The van der Waals surface area contributed by atoms with Gasteiger partial charge in [0.1, 0.15) is 5.54 Å². The van der Waals surface area contributed by atoms with E-state index in [1.165, 1.54) is 6.92 Å². The van der Waals surface area contributed by atoms with Crippen LogP contribution in [0.1, 0.15) is 44.0 Å². The number of Topliss-reactive ketones (excluding diaryl/α,β-unsaturated/α-hetero) is 1. The smallest absolute Gasteiger partial charge is 0.325 e. The Morgan fingerprint density at radius 3 is 2.29 bits per heavy atom. The van der Waals surface area contributed by atoms with E-state index in [1.807, 2.05) is 0 Å². The molecule has 0 radical (unpaired) electrons. The van der Waals surface area contributed by atoms with E-state index in [9.17, 15) is 19.2 Å². The number of benzene rings is 1. The second-order valence-electron chi connectivity index (χ2n) is 6.30. The quantitative estimate of drug-likeness (QED) is 0.615. The predicted octanol–water partition coefficient (Wildman–Crippen LogP) is 1.94. The molecule has 2 N–H and O–H groups in total. The molecule has 1 fully saturated rings. The van der Waals surface area contributed by atoms with Gasteiger partial charge in [0.15, 0.2) is 5.78 Å². The fraction of sp³-hybridized carbons (Fsp3) is 0.412. The highest BCUT2D eigenvalue weighted by Crippen LogP contribution is 2.17. The summed E-state index contributed by atoms with van der Waals surface area (Å²) in [7, 11) is 0. The Morgan fingerprint density at radius 1 is 1.17 bits per heavy atom. The summed E-state index contributed by atoms with van der Waals surface area (Å²) < 4.78 is 0. The van der Waals surface area contributed by atoms with Gasteiger partial charge in [-0.25, -0.2) is 4.79 Å². The molecule has 7 heteroatoms. The number of imide groups is 1. The summed E-state index contributed by atoms with van der Waals surface area (Å²) in [4.78, 5) is 48.0. The molecule has 0 aromatic heterocycles. The Balaban J connectivity index is 1.80. The summed E-state index contributed by atoms with van der Waals surface area (Å²) in [5.74, 6) is -0.533. The fourth-order valence-electron chi connectivity index (χ4n) is 2.43. The van der Waals surface area contributed by atoms with Gasteiger partial charge in [-0.3, -0.25) is 19.3 Å². The third-order valence-corrected chi connectivity index (χ3v) is 3.81. The van der Waals surface area contributed by atoms with Crippen LogP contribution < -0.4 is 10.6 Å². The van der Waals surface area contributed by atoms with Crippen molar-refractivity contribution < 1.29 is 19.2 Å². The summed E-state index contributed by atoms with van der Waals surface area (Å²) in [5.41, 5.74) is 0.285. The standard InChI is InChI=1S/C17H21N3O4/c1-11(21)12-6-8-13(9-7-12)18-14(22)5-4-10-20-15(23)17(2,3)19-16(20)24/h6-9H,4-5,10H2,1-3H3,(H,18,22)(H,19,24). The minimum absolute atomic E-state index is 0.0376. The normalized spacial score (nSPS) is 16.0. The molecule has 1 aromatic carbocycles. The number of hydrogen-bond acceptors (Lipinski definition) is 4. The first-order chi connectivity index (χ1) is 11.2. The molecule has 0 saturated carbocycles. The van der Waals surface area contributed by atoms with Crippen LogP contribution in [-0.4, -0.2) is 40.6 Å². The van der Waals surface area contributed by atoms with Crippen LogP contribution in [0.15, 0.2) is 24.3 Å². The van der Waals surface area contributed by atoms with Crippen molar-refractivity contribution in [1.82, 2.24) is 10.2 Å². The van der Waals surface area contributed by atoms with Crippen LogP contribution >= 0.6 is 0 Å². The summed E-state index contributed by atoms with van der Waals surface area (Å²) in [5, 5.41) is 5.31. The average Bonchev–Trinajstić information content (AvgIpc) is 2.69. The van der Waals surface area contributed by atoms with Crippen molar-refractivity contribution in [3.05, 3.63) is 29.8 Å². The number of nitrogens with one attached hydrogen (secondary N) is 2. The second kappa shape index (κ2) is 6.82. The topological polar surface area (TPSA) is 95.6 Å². The number of carbonyl (C=O) groups excluding carboxylic acids is 4. The number of ketones is 1. The van der Waals surface area contributed by atoms with Crippen LogP contribution in [0.25, 0.3) is 0 Å². The second-order valence-corrected chi connectivity index (χ2v) is 6.30. The lowest BCUT2D eigenvalue weighted by atomic mass is 10.1. The summed E-state index contributed by atoms with van der Waals surface area (Å²) in [6, 6.07) is 6.19. The molecule has 0 unspecified atom stereocenters. The van der Waals surface area contributed by atoms with E-state index in [0.29, 0.717) is 17.7 Å². The van der Waals surface area contributed by atoms with Gasteiger partial charge in [-0.05, 0) is 51.5 Å². The van der Waals surface area contributed by atoms with Crippen LogP contribution in [0.4, 0.5) is 10.5 Å². The maximum atomic E-state index is 12.0. The SMILES string of the molecule is CC(=O)c1ccc(NC(=O)CCCN2C(=O)NC(C)(C)C2=O)cc1. The predicted molar refractivity (Wildman–Crippen MR) is 88.6 cm³/mol. The van der Waals surface area contributed by atoms with Gasteiger partial charge in [-0.2, -0.15) is 0 Å².